The summed E-state index contributed by atoms with van der Waals surface area (Å²) in [5.41, 5.74) is 3.54. The van der Waals surface area contributed by atoms with Crippen LogP contribution in [0.4, 0.5) is 0 Å². The number of allylic oxidation sites excluding steroid dienone is 2. The molecule has 3 heterocycles. The fourth-order valence-corrected chi connectivity index (χ4v) is 4.24. The molecule has 1 atom stereocenters. The van der Waals surface area contributed by atoms with Crippen molar-refractivity contribution in [2.24, 2.45) is 10.6 Å². The van der Waals surface area contributed by atoms with Gasteiger partial charge < -0.3 is 14.7 Å². The molecule has 0 spiro atoms. The van der Waals surface area contributed by atoms with Gasteiger partial charge in [0.25, 0.3) is 0 Å². The van der Waals surface area contributed by atoms with E-state index >= 15 is 0 Å². The molecule has 1 aromatic rings. The SMILES string of the molecule is CC1(C)CC(=O)C2=C(C1)N1CCn3cccc3[C@H]1CC2=NO. The number of carbonyl (C=O) groups excluding carboxylic acids is 1. The fraction of sp³-hybridized carbons (Fsp3) is 0.529. The van der Waals surface area contributed by atoms with Gasteiger partial charge in [-0.2, -0.15) is 0 Å². The average molecular weight is 299 g/mol. The summed E-state index contributed by atoms with van der Waals surface area (Å²) >= 11 is 0. The van der Waals surface area contributed by atoms with Crippen LogP contribution in [-0.2, 0) is 11.3 Å². The second-order valence-corrected chi connectivity index (χ2v) is 7.35. The second-order valence-electron chi connectivity index (χ2n) is 7.35. The highest BCUT2D eigenvalue weighted by Gasteiger charge is 2.44. The second kappa shape index (κ2) is 4.48. The molecule has 0 aromatic carbocycles. The number of fused-ring (bicyclic) bond motifs is 4. The molecule has 2 aliphatic heterocycles. The first kappa shape index (κ1) is 13.6. The lowest BCUT2D eigenvalue weighted by Gasteiger charge is -2.47. The molecule has 0 radical (unpaired) electrons. The molecule has 0 amide bonds. The lowest BCUT2D eigenvalue weighted by molar-refractivity contribution is -0.118. The summed E-state index contributed by atoms with van der Waals surface area (Å²) in [6, 6.07) is 4.37. The number of nitrogens with zero attached hydrogens (tertiary/aromatic N) is 3. The summed E-state index contributed by atoms with van der Waals surface area (Å²) in [5.74, 6) is 0.124. The number of aromatic nitrogens is 1. The summed E-state index contributed by atoms with van der Waals surface area (Å²) in [4.78, 5) is 15.0. The maximum atomic E-state index is 12.6. The Balaban J connectivity index is 1.86. The number of hydrogen-bond donors (Lipinski definition) is 1. The van der Waals surface area contributed by atoms with Crippen LogP contribution in [0.2, 0.25) is 0 Å². The van der Waals surface area contributed by atoms with E-state index in [9.17, 15) is 10.0 Å². The number of hydrogen-bond acceptors (Lipinski definition) is 4. The quantitative estimate of drug-likeness (QED) is 0.592. The van der Waals surface area contributed by atoms with E-state index in [1.807, 2.05) is 0 Å². The van der Waals surface area contributed by atoms with Crippen LogP contribution in [0.1, 0.15) is 44.8 Å². The van der Waals surface area contributed by atoms with Crippen LogP contribution in [0.3, 0.4) is 0 Å². The van der Waals surface area contributed by atoms with Crippen molar-refractivity contribution < 1.29 is 10.0 Å². The molecule has 0 bridgehead atoms. The molecule has 0 unspecified atom stereocenters. The molecule has 5 heteroatoms. The van der Waals surface area contributed by atoms with Gasteiger partial charge in [-0.15, -0.1) is 0 Å². The van der Waals surface area contributed by atoms with E-state index in [1.165, 1.54) is 5.69 Å². The normalized spacial score (nSPS) is 28.5. The highest BCUT2D eigenvalue weighted by atomic mass is 16.4. The van der Waals surface area contributed by atoms with E-state index in [0.717, 1.165) is 25.2 Å². The maximum absolute atomic E-state index is 12.6. The van der Waals surface area contributed by atoms with Crippen LogP contribution in [0.15, 0.2) is 34.8 Å². The Morgan fingerprint density at radius 2 is 2.14 bits per heavy atom. The van der Waals surface area contributed by atoms with Gasteiger partial charge in [-0.3, -0.25) is 4.79 Å². The largest absolute Gasteiger partial charge is 0.411 e. The molecule has 4 rings (SSSR count). The van der Waals surface area contributed by atoms with Gasteiger partial charge in [-0.25, -0.2) is 0 Å². The topological polar surface area (TPSA) is 57.8 Å². The van der Waals surface area contributed by atoms with Crippen LogP contribution in [0, 0.1) is 5.41 Å². The number of carbonyl (C=O) groups is 1. The minimum atomic E-state index is -0.0299. The van der Waals surface area contributed by atoms with Gasteiger partial charge in [0.2, 0.25) is 0 Å². The van der Waals surface area contributed by atoms with Gasteiger partial charge in [0.05, 0.1) is 17.3 Å². The smallest absolute Gasteiger partial charge is 0.167 e. The molecule has 22 heavy (non-hydrogen) atoms. The molecule has 1 N–H and O–H groups in total. The first-order chi connectivity index (χ1) is 10.5. The van der Waals surface area contributed by atoms with Crippen LogP contribution in [0.5, 0.6) is 0 Å². The van der Waals surface area contributed by atoms with E-state index < -0.39 is 0 Å². The Labute approximate surface area is 129 Å². The monoisotopic (exact) mass is 299 g/mol. The summed E-state index contributed by atoms with van der Waals surface area (Å²) in [6.07, 6.45) is 4.10. The highest BCUT2D eigenvalue weighted by Crippen LogP contribution is 2.46. The van der Waals surface area contributed by atoms with Crippen molar-refractivity contribution >= 4 is 11.5 Å². The first-order valence-electron chi connectivity index (χ1n) is 7.89. The minimum absolute atomic E-state index is 0.0299. The number of Topliss-reactive ketones (excluding diaryl/α,β-unsaturated/α-hetero) is 1. The van der Waals surface area contributed by atoms with Crippen molar-refractivity contribution in [2.45, 2.75) is 45.7 Å². The number of rotatable bonds is 0. The van der Waals surface area contributed by atoms with Gasteiger partial charge in [0.15, 0.2) is 5.78 Å². The highest BCUT2D eigenvalue weighted by molar-refractivity contribution is 6.24. The third kappa shape index (κ3) is 1.84. The number of ketones is 1. The predicted molar refractivity (Wildman–Crippen MR) is 82.8 cm³/mol. The van der Waals surface area contributed by atoms with Gasteiger partial charge in [0, 0.05) is 43.5 Å². The van der Waals surface area contributed by atoms with Crippen molar-refractivity contribution in [3.05, 3.63) is 35.3 Å². The number of oxime groups is 1. The summed E-state index contributed by atoms with van der Waals surface area (Å²) in [5, 5.41) is 12.9. The van der Waals surface area contributed by atoms with E-state index in [2.05, 4.69) is 46.8 Å². The van der Waals surface area contributed by atoms with E-state index in [1.54, 1.807) is 0 Å². The van der Waals surface area contributed by atoms with E-state index in [0.29, 0.717) is 24.1 Å². The van der Waals surface area contributed by atoms with Gasteiger partial charge in [0.1, 0.15) is 0 Å². The first-order valence-corrected chi connectivity index (χ1v) is 7.89. The third-order valence-corrected chi connectivity index (χ3v) is 5.16. The minimum Gasteiger partial charge on any atom is -0.411 e. The molecular weight excluding hydrogens is 278 g/mol. The summed E-state index contributed by atoms with van der Waals surface area (Å²) in [6.45, 7) is 6.13. The van der Waals surface area contributed by atoms with E-state index in [-0.39, 0.29) is 17.2 Å². The molecule has 5 nitrogen and oxygen atoms in total. The maximum Gasteiger partial charge on any atom is 0.167 e. The van der Waals surface area contributed by atoms with Crippen LogP contribution < -0.4 is 0 Å². The molecule has 1 aliphatic carbocycles. The zero-order valence-electron chi connectivity index (χ0n) is 13.0. The third-order valence-electron chi connectivity index (χ3n) is 5.16. The molecule has 116 valence electrons. The standard InChI is InChI=1S/C17H21N3O2/c1-17(2)9-14-16(15(21)10-17)11(18-22)8-13-12-4-3-5-19(12)6-7-20(13)14/h3-5,13,22H,6-10H2,1-2H3/t13-/m1/s1. The van der Waals surface area contributed by atoms with Gasteiger partial charge in [-0.05, 0) is 24.0 Å². The summed E-state index contributed by atoms with van der Waals surface area (Å²) in [7, 11) is 0. The van der Waals surface area contributed by atoms with Gasteiger partial charge in [-0.1, -0.05) is 19.0 Å². The molecule has 3 aliphatic rings. The van der Waals surface area contributed by atoms with Gasteiger partial charge >= 0.3 is 0 Å². The Hall–Kier alpha value is -2.04. The molecular formula is C17H21N3O2. The Morgan fingerprint density at radius 1 is 1.32 bits per heavy atom. The van der Waals surface area contributed by atoms with Crippen molar-refractivity contribution in [3.8, 4) is 0 Å². The van der Waals surface area contributed by atoms with Crippen molar-refractivity contribution in [1.82, 2.24) is 9.47 Å². The summed E-state index contributed by atoms with van der Waals surface area (Å²) < 4.78 is 2.26. The van der Waals surface area contributed by atoms with Crippen LogP contribution in [0.25, 0.3) is 0 Å². The van der Waals surface area contributed by atoms with E-state index in [4.69, 9.17) is 0 Å². The molecule has 0 fully saturated rings. The molecule has 1 aromatic heterocycles. The fourth-order valence-electron chi connectivity index (χ4n) is 4.24. The Morgan fingerprint density at radius 3 is 2.91 bits per heavy atom. The Kier molecular flexibility index (Phi) is 2.77. The molecule has 0 saturated carbocycles. The van der Waals surface area contributed by atoms with Crippen molar-refractivity contribution in [1.29, 1.82) is 0 Å². The lowest BCUT2D eigenvalue weighted by Crippen LogP contribution is -2.46. The van der Waals surface area contributed by atoms with Crippen LogP contribution in [-0.4, -0.2) is 32.7 Å². The van der Waals surface area contributed by atoms with Crippen molar-refractivity contribution in [3.63, 3.8) is 0 Å². The Bertz CT molecular complexity index is 711. The zero-order valence-corrected chi connectivity index (χ0v) is 13.0. The predicted octanol–water partition coefficient (Wildman–Crippen LogP) is 2.72. The lowest BCUT2D eigenvalue weighted by atomic mass is 9.72. The molecule has 0 saturated heterocycles. The zero-order chi connectivity index (χ0) is 15.5. The average Bonchev–Trinajstić information content (AvgIpc) is 2.93. The van der Waals surface area contributed by atoms with Crippen LogP contribution >= 0.6 is 0 Å². The van der Waals surface area contributed by atoms with Crippen molar-refractivity contribution in [2.75, 3.05) is 6.54 Å².